The molecule has 1 heterocycles. The summed E-state index contributed by atoms with van der Waals surface area (Å²) in [6.07, 6.45) is 1.09. The minimum atomic E-state index is 0.342. The van der Waals surface area contributed by atoms with Crippen LogP contribution in [0, 0.1) is 5.92 Å². The van der Waals surface area contributed by atoms with Crippen molar-refractivity contribution < 1.29 is 4.74 Å². The Hall–Kier alpha value is -1.06. The molecule has 1 saturated heterocycles. The maximum absolute atomic E-state index is 6.16. The molecular weight excluding hydrogens is 236 g/mol. The number of ether oxygens (including phenoxy) is 1. The Balaban J connectivity index is 2.11. The summed E-state index contributed by atoms with van der Waals surface area (Å²) in [4.78, 5) is 2.57. The lowest BCUT2D eigenvalue weighted by Crippen LogP contribution is -2.52. The Labute approximate surface area is 116 Å². The van der Waals surface area contributed by atoms with Crippen molar-refractivity contribution in [2.75, 3.05) is 13.7 Å². The average Bonchev–Trinajstić information content (AvgIpc) is 2.44. The molecule has 2 rings (SSSR count). The molecule has 0 aromatic heterocycles. The normalized spacial score (nSPS) is 30.1. The van der Waals surface area contributed by atoms with Crippen LogP contribution in [0.3, 0.4) is 0 Å². The van der Waals surface area contributed by atoms with Gasteiger partial charge in [0.1, 0.15) is 5.75 Å². The minimum absolute atomic E-state index is 0.342. The van der Waals surface area contributed by atoms with E-state index in [0.717, 1.165) is 18.7 Å². The molecule has 3 nitrogen and oxygen atoms in total. The monoisotopic (exact) mass is 262 g/mol. The predicted octanol–water partition coefficient (Wildman–Crippen LogP) is 2.81. The average molecular weight is 262 g/mol. The van der Waals surface area contributed by atoms with Gasteiger partial charge in [0.05, 0.1) is 7.11 Å². The van der Waals surface area contributed by atoms with E-state index >= 15 is 0 Å². The van der Waals surface area contributed by atoms with Gasteiger partial charge in [-0.05, 0) is 43.9 Å². The second-order valence-corrected chi connectivity index (χ2v) is 5.74. The van der Waals surface area contributed by atoms with Gasteiger partial charge in [-0.3, -0.25) is 4.90 Å². The molecular formula is C16H26N2O. The van der Waals surface area contributed by atoms with Gasteiger partial charge in [-0.15, -0.1) is 0 Å². The molecule has 0 saturated carbocycles. The van der Waals surface area contributed by atoms with E-state index in [0.29, 0.717) is 24.0 Å². The van der Waals surface area contributed by atoms with Crippen LogP contribution in [-0.2, 0) is 0 Å². The van der Waals surface area contributed by atoms with E-state index in [1.54, 1.807) is 7.11 Å². The van der Waals surface area contributed by atoms with Crippen LogP contribution in [0.5, 0.6) is 5.75 Å². The smallest absolute Gasteiger partial charge is 0.118 e. The first-order chi connectivity index (χ1) is 9.04. The van der Waals surface area contributed by atoms with E-state index in [2.05, 4.69) is 37.8 Å². The van der Waals surface area contributed by atoms with Crippen LogP contribution in [-0.4, -0.2) is 30.6 Å². The standard InChI is InChI=1S/C16H26N2O/c1-11-12(2)18(10-9-16(11)17)13(3)14-5-7-15(19-4)8-6-14/h5-8,11-13,16H,9-10,17H2,1-4H3. The summed E-state index contributed by atoms with van der Waals surface area (Å²) in [6, 6.07) is 9.70. The van der Waals surface area contributed by atoms with Crippen LogP contribution >= 0.6 is 0 Å². The van der Waals surface area contributed by atoms with Crippen molar-refractivity contribution in [1.29, 1.82) is 0 Å². The molecule has 1 aliphatic rings. The fourth-order valence-electron chi connectivity index (χ4n) is 3.04. The molecule has 0 radical (unpaired) electrons. The summed E-state index contributed by atoms with van der Waals surface area (Å²) < 4.78 is 5.22. The molecule has 3 heteroatoms. The zero-order valence-electron chi connectivity index (χ0n) is 12.5. The molecule has 19 heavy (non-hydrogen) atoms. The maximum Gasteiger partial charge on any atom is 0.118 e. The summed E-state index contributed by atoms with van der Waals surface area (Å²) in [5, 5.41) is 0. The fraction of sp³-hybridized carbons (Fsp3) is 0.625. The molecule has 1 aromatic carbocycles. The van der Waals surface area contributed by atoms with Gasteiger partial charge < -0.3 is 10.5 Å². The molecule has 4 atom stereocenters. The van der Waals surface area contributed by atoms with Crippen LogP contribution in [0.1, 0.15) is 38.8 Å². The molecule has 0 bridgehead atoms. The first-order valence-corrected chi connectivity index (χ1v) is 7.20. The second-order valence-electron chi connectivity index (χ2n) is 5.74. The van der Waals surface area contributed by atoms with Gasteiger partial charge in [-0.1, -0.05) is 19.1 Å². The minimum Gasteiger partial charge on any atom is -0.497 e. The highest BCUT2D eigenvalue weighted by atomic mass is 16.5. The lowest BCUT2D eigenvalue weighted by Gasteiger charge is -2.44. The van der Waals surface area contributed by atoms with Gasteiger partial charge in [-0.25, -0.2) is 0 Å². The Bertz CT molecular complexity index is 404. The zero-order valence-corrected chi connectivity index (χ0v) is 12.5. The van der Waals surface area contributed by atoms with Crippen LogP contribution < -0.4 is 10.5 Å². The number of likely N-dealkylation sites (tertiary alicyclic amines) is 1. The molecule has 1 fully saturated rings. The fourth-order valence-corrected chi connectivity index (χ4v) is 3.04. The van der Waals surface area contributed by atoms with Gasteiger partial charge in [0.2, 0.25) is 0 Å². The number of hydrogen-bond acceptors (Lipinski definition) is 3. The molecule has 1 aromatic rings. The largest absolute Gasteiger partial charge is 0.497 e. The molecule has 4 unspecified atom stereocenters. The lowest BCUT2D eigenvalue weighted by molar-refractivity contribution is 0.0626. The topological polar surface area (TPSA) is 38.5 Å². The van der Waals surface area contributed by atoms with Crippen LogP contribution in [0.4, 0.5) is 0 Å². The first-order valence-electron chi connectivity index (χ1n) is 7.20. The molecule has 0 aliphatic carbocycles. The Morgan fingerprint density at radius 1 is 1.26 bits per heavy atom. The number of benzene rings is 1. The van der Waals surface area contributed by atoms with Crippen molar-refractivity contribution >= 4 is 0 Å². The number of hydrogen-bond donors (Lipinski definition) is 1. The quantitative estimate of drug-likeness (QED) is 0.910. The van der Waals surface area contributed by atoms with Gasteiger partial charge >= 0.3 is 0 Å². The van der Waals surface area contributed by atoms with Crippen molar-refractivity contribution in [1.82, 2.24) is 4.90 Å². The van der Waals surface area contributed by atoms with Gasteiger partial charge in [0.25, 0.3) is 0 Å². The highest BCUT2D eigenvalue weighted by Crippen LogP contribution is 2.31. The number of nitrogens with two attached hydrogens (primary N) is 1. The summed E-state index contributed by atoms with van der Waals surface area (Å²) in [6.45, 7) is 7.92. The van der Waals surface area contributed by atoms with E-state index in [-0.39, 0.29) is 0 Å². The number of nitrogens with zero attached hydrogens (tertiary/aromatic N) is 1. The maximum atomic E-state index is 6.16. The highest BCUT2D eigenvalue weighted by Gasteiger charge is 2.33. The van der Waals surface area contributed by atoms with Crippen LogP contribution in [0.15, 0.2) is 24.3 Å². The summed E-state index contributed by atoms with van der Waals surface area (Å²) in [7, 11) is 1.70. The van der Waals surface area contributed by atoms with E-state index in [1.807, 2.05) is 12.1 Å². The van der Waals surface area contributed by atoms with Gasteiger partial charge in [-0.2, -0.15) is 0 Å². The molecule has 0 spiro atoms. The number of piperidine rings is 1. The van der Waals surface area contributed by atoms with Gasteiger partial charge in [0.15, 0.2) is 0 Å². The highest BCUT2D eigenvalue weighted by molar-refractivity contribution is 5.29. The second kappa shape index (κ2) is 5.93. The van der Waals surface area contributed by atoms with E-state index < -0.39 is 0 Å². The zero-order chi connectivity index (χ0) is 14.0. The Morgan fingerprint density at radius 2 is 1.89 bits per heavy atom. The molecule has 2 N–H and O–H groups in total. The van der Waals surface area contributed by atoms with Crippen LogP contribution in [0.25, 0.3) is 0 Å². The summed E-state index contributed by atoms with van der Waals surface area (Å²) in [5.74, 6) is 1.47. The van der Waals surface area contributed by atoms with E-state index in [9.17, 15) is 0 Å². The lowest BCUT2D eigenvalue weighted by atomic mass is 9.86. The number of methoxy groups -OCH3 is 1. The van der Waals surface area contributed by atoms with Gasteiger partial charge in [0, 0.05) is 24.7 Å². The first kappa shape index (κ1) is 14.4. The van der Waals surface area contributed by atoms with Crippen molar-refractivity contribution in [3.63, 3.8) is 0 Å². The van der Waals surface area contributed by atoms with Crippen molar-refractivity contribution in [3.8, 4) is 5.75 Å². The summed E-state index contributed by atoms with van der Waals surface area (Å²) in [5.41, 5.74) is 7.51. The third-order valence-corrected chi connectivity index (χ3v) is 4.78. The molecule has 0 amide bonds. The van der Waals surface area contributed by atoms with Crippen molar-refractivity contribution in [2.24, 2.45) is 11.7 Å². The third kappa shape index (κ3) is 2.93. The van der Waals surface area contributed by atoms with E-state index in [4.69, 9.17) is 10.5 Å². The molecule has 1 aliphatic heterocycles. The van der Waals surface area contributed by atoms with Crippen LogP contribution in [0.2, 0.25) is 0 Å². The SMILES string of the molecule is COc1ccc(C(C)N2CCC(N)C(C)C2C)cc1. The number of rotatable bonds is 3. The Kier molecular flexibility index (Phi) is 4.48. The predicted molar refractivity (Wildman–Crippen MR) is 79.3 cm³/mol. The molecule has 106 valence electrons. The van der Waals surface area contributed by atoms with E-state index in [1.165, 1.54) is 5.56 Å². The van der Waals surface area contributed by atoms with Crippen molar-refractivity contribution in [2.45, 2.75) is 45.3 Å². The van der Waals surface area contributed by atoms with Crippen molar-refractivity contribution in [3.05, 3.63) is 29.8 Å². The third-order valence-electron chi connectivity index (χ3n) is 4.78. The Morgan fingerprint density at radius 3 is 2.47 bits per heavy atom. The summed E-state index contributed by atoms with van der Waals surface area (Å²) >= 11 is 0.